The highest BCUT2D eigenvalue weighted by molar-refractivity contribution is 6.29. The predicted molar refractivity (Wildman–Crippen MR) is 119 cm³/mol. The van der Waals surface area contributed by atoms with Crippen LogP contribution in [0.25, 0.3) is 11.1 Å². The Kier molecular flexibility index (Phi) is 6.09. The number of imide groups is 2. The van der Waals surface area contributed by atoms with Gasteiger partial charge in [0, 0.05) is 24.3 Å². The molecule has 2 aliphatic heterocycles. The standard InChI is InChI=1S/C25H16F6N2O4/c1-12-3-4-14(11-17(12)33-20(36)9-10-21(33)37)22-13(2)16(32-18(34)7-8-19(32)35)6-5-15(22)23(24(26,27)28)25(29,30)31/h3-11,23H,1-2H3. The first-order valence-electron chi connectivity index (χ1n) is 10.6. The number of benzene rings is 2. The van der Waals surface area contributed by atoms with Gasteiger partial charge in [0.25, 0.3) is 23.6 Å². The van der Waals surface area contributed by atoms with Gasteiger partial charge in [0.15, 0.2) is 5.92 Å². The van der Waals surface area contributed by atoms with Gasteiger partial charge < -0.3 is 0 Å². The van der Waals surface area contributed by atoms with Gasteiger partial charge in [0.1, 0.15) is 0 Å². The molecule has 0 aliphatic carbocycles. The van der Waals surface area contributed by atoms with E-state index in [1.54, 1.807) is 0 Å². The van der Waals surface area contributed by atoms with Gasteiger partial charge in [-0.2, -0.15) is 26.3 Å². The summed E-state index contributed by atoms with van der Waals surface area (Å²) < 4.78 is 82.8. The van der Waals surface area contributed by atoms with Crippen molar-refractivity contribution in [1.82, 2.24) is 0 Å². The number of hydrogen-bond donors (Lipinski definition) is 0. The highest BCUT2D eigenvalue weighted by atomic mass is 19.4. The molecule has 0 saturated heterocycles. The van der Waals surface area contributed by atoms with E-state index < -0.39 is 53.0 Å². The van der Waals surface area contributed by atoms with Gasteiger partial charge in [0.05, 0.1) is 11.4 Å². The third kappa shape index (κ3) is 4.43. The second-order valence-electron chi connectivity index (χ2n) is 8.38. The van der Waals surface area contributed by atoms with Crippen LogP contribution >= 0.6 is 0 Å². The maximum absolute atomic E-state index is 13.8. The van der Waals surface area contributed by atoms with Gasteiger partial charge in [0.2, 0.25) is 0 Å². The van der Waals surface area contributed by atoms with Crippen molar-refractivity contribution < 1.29 is 45.5 Å². The minimum Gasteiger partial charge on any atom is -0.269 e. The molecule has 4 amide bonds. The molecule has 12 heteroatoms. The lowest BCUT2D eigenvalue weighted by atomic mass is 9.85. The highest BCUT2D eigenvalue weighted by Gasteiger charge is 2.58. The van der Waals surface area contributed by atoms with Crippen LogP contribution in [0.3, 0.4) is 0 Å². The second kappa shape index (κ2) is 8.71. The first kappa shape index (κ1) is 25.9. The van der Waals surface area contributed by atoms with Crippen molar-refractivity contribution in [3.63, 3.8) is 0 Å². The molecule has 0 radical (unpaired) electrons. The highest BCUT2D eigenvalue weighted by Crippen LogP contribution is 2.51. The Morgan fingerprint density at radius 3 is 1.57 bits per heavy atom. The zero-order chi connectivity index (χ0) is 27.4. The van der Waals surface area contributed by atoms with E-state index in [-0.39, 0.29) is 22.5 Å². The molecule has 0 atom stereocenters. The Hall–Kier alpha value is -4.22. The topological polar surface area (TPSA) is 74.8 Å². The van der Waals surface area contributed by atoms with Crippen molar-refractivity contribution in [3.05, 3.63) is 71.3 Å². The van der Waals surface area contributed by atoms with E-state index >= 15 is 0 Å². The zero-order valence-corrected chi connectivity index (χ0v) is 19.1. The Morgan fingerprint density at radius 2 is 1.11 bits per heavy atom. The maximum Gasteiger partial charge on any atom is 0.404 e. The molecule has 192 valence electrons. The summed E-state index contributed by atoms with van der Waals surface area (Å²) in [5, 5.41) is 0. The van der Waals surface area contributed by atoms with Gasteiger partial charge in [-0.05, 0) is 53.8 Å². The molecule has 6 nitrogen and oxygen atoms in total. The number of nitrogens with zero attached hydrogens (tertiary/aromatic N) is 2. The molecule has 0 N–H and O–H groups in total. The Morgan fingerprint density at radius 1 is 0.649 bits per heavy atom. The fourth-order valence-corrected chi connectivity index (χ4v) is 4.41. The Balaban J connectivity index is 2.03. The van der Waals surface area contributed by atoms with E-state index in [4.69, 9.17) is 0 Å². The van der Waals surface area contributed by atoms with Gasteiger partial charge >= 0.3 is 12.4 Å². The van der Waals surface area contributed by atoms with Crippen molar-refractivity contribution in [1.29, 1.82) is 0 Å². The minimum absolute atomic E-state index is 0.0428. The molecule has 37 heavy (non-hydrogen) atoms. The number of halogens is 6. The van der Waals surface area contributed by atoms with Crippen molar-refractivity contribution in [2.45, 2.75) is 32.1 Å². The summed E-state index contributed by atoms with van der Waals surface area (Å²) in [6.45, 7) is 2.69. The molecule has 0 bridgehead atoms. The molecule has 2 heterocycles. The van der Waals surface area contributed by atoms with Crippen LogP contribution in [0.2, 0.25) is 0 Å². The monoisotopic (exact) mass is 522 g/mol. The van der Waals surface area contributed by atoms with Crippen LogP contribution < -0.4 is 9.80 Å². The molecule has 0 aromatic heterocycles. The molecule has 2 aromatic carbocycles. The number of carbonyl (C=O) groups excluding carboxylic acids is 4. The molecule has 0 fully saturated rings. The van der Waals surface area contributed by atoms with E-state index in [2.05, 4.69) is 0 Å². The number of aryl methyl sites for hydroxylation is 1. The predicted octanol–water partition coefficient (Wildman–Crippen LogP) is 5.04. The average molecular weight is 522 g/mol. The molecule has 0 unspecified atom stereocenters. The molecule has 4 rings (SSSR count). The number of anilines is 2. The Labute approximate surface area is 205 Å². The van der Waals surface area contributed by atoms with Gasteiger partial charge in [-0.15, -0.1) is 0 Å². The summed E-state index contributed by atoms with van der Waals surface area (Å²) in [5.74, 6) is -7.01. The van der Waals surface area contributed by atoms with Crippen LogP contribution in [0.1, 0.15) is 22.6 Å². The first-order chi connectivity index (χ1) is 17.1. The van der Waals surface area contributed by atoms with Crippen LogP contribution in [-0.4, -0.2) is 36.0 Å². The van der Waals surface area contributed by atoms with E-state index in [9.17, 15) is 45.5 Å². The van der Waals surface area contributed by atoms with Crippen molar-refractivity contribution in [3.8, 4) is 11.1 Å². The van der Waals surface area contributed by atoms with Gasteiger partial charge in [-0.25, -0.2) is 9.80 Å². The molecule has 2 aromatic rings. The van der Waals surface area contributed by atoms with Crippen LogP contribution in [0.15, 0.2) is 54.6 Å². The van der Waals surface area contributed by atoms with E-state index in [1.807, 2.05) is 0 Å². The lowest BCUT2D eigenvalue weighted by Gasteiger charge is -2.29. The smallest absolute Gasteiger partial charge is 0.269 e. The number of rotatable bonds is 4. The van der Waals surface area contributed by atoms with Crippen molar-refractivity contribution in [2.75, 3.05) is 9.80 Å². The fourth-order valence-electron chi connectivity index (χ4n) is 4.41. The lowest BCUT2D eigenvalue weighted by molar-refractivity contribution is -0.253. The van der Waals surface area contributed by atoms with Crippen molar-refractivity contribution >= 4 is 35.0 Å². The Bertz CT molecular complexity index is 1370. The third-order valence-electron chi connectivity index (χ3n) is 6.03. The second-order valence-corrected chi connectivity index (χ2v) is 8.38. The summed E-state index contributed by atoms with van der Waals surface area (Å²) in [6.07, 6.45) is -7.67. The van der Waals surface area contributed by atoms with E-state index in [1.165, 1.54) is 26.0 Å². The van der Waals surface area contributed by atoms with Gasteiger partial charge in [-0.3, -0.25) is 19.2 Å². The van der Waals surface area contributed by atoms with Crippen LogP contribution in [0.4, 0.5) is 37.7 Å². The zero-order valence-electron chi connectivity index (χ0n) is 19.1. The quantitative estimate of drug-likeness (QED) is 0.417. The molecule has 0 saturated carbocycles. The molecular weight excluding hydrogens is 506 g/mol. The maximum atomic E-state index is 13.8. The normalized spacial score (nSPS) is 16.2. The molecule has 0 spiro atoms. The summed E-state index contributed by atoms with van der Waals surface area (Å²) in [6, 6.07) is 5.14. The fraction of sp³-hybridized carbons (Fsp3) is 0.200. The first-order valence-corrected chi connectivity index (χ1v) is 10.6. The summed E-state index contributed by atoms with van der Waals surface area (Å²) in [7, 11) is 0. The largest absolute Gasteiger partial charge is 0.404 e. The van der Waals surface area contributed by atoms with E-state index in [0.29, 0.717) is 16.5 Å². The minimum atomic E-state index is -5.74. The SMILES string of the molecule is Cc1ccc(-c2c(C(C(F)(F)F)C(F)(F)F)ccc(N3C(=O)C=CC3=O)c2C)cc1N1C(=O)C=CC1=O. The van der Waals surface area contributed by atoms with Crippen molar-refractivity contribution in [2.24, 2.45) is 0 Å². The number of amides is 4. The van der Waals surface area contributed by atoms with Crippen LogP contribution in [0, 0.1) is 13.8 Å². The number of carbonyl (C=O) groups is 4. The van der Waals surface area contributed by atoms with Gasteiger partial charge in [-0.1, -0.05) is 18.2 Å². The third-order valence-corrected chi connectivity index (χ3v) is 6.03. The average Bonchev–Trinajstić information content (AvgIpc) is 3.28. The molecular formula is C25H16F6N2O4. The summed E-state index contributed by atoms with van der Waals surface area (Å²) in [5.41, 5.74) is -2.01. The van der Waals surface area contributed by atoms with Crippen LogP contribution in [-0.2, 0) is 19.2 Å². The summed E-state index contributed by atoms with van der Waals surface area (Å²) in [4.78, 5) is 50.3. The van der Waals surface area contributed by atoms with E-state index in [0.717, 1.165) is 41.3 Å². The number of alkyl halides is 6. The summed E-state index contributed by atoms with van der Waals surface area (Å²) >= 11 is 0. The lowest BCUT2D eigenvalue weighted by Crippen LogP contribution is -2.35. The molecule has 2 aliphatic rings. The van der Waals surface area contributed by atoms with Crippen LogP contribution in [0.5, 0.6) is 0 Å². The number of hydrogen-bond acceptors (Lipinski definition) is 4.